The van der Waals surface area contributed by atoms with Crippen LogP contribution in [0.2, 0.25) is 0 Å². The lowest BCUT2D eigenvalue weighted by Crippen LogP contribution is -2.25. The molecule has 0 saturated carbocycles. The van der Waals surface area contributed by atoms with Gasteiger partial charge in [0.05, 0.1) is 24.7 Å². The number of rotatable bonds is 7. The second-order valence-electron chi connectivity index (χ2n) is 5.43. The van der Waals surface area contributed by atoms with Gasteiger partial charge in [-0.25, -0.2) is 4.79 Å². The number of amides is 1. The first-order valence-corrected chi connectivity index (χ1v) is 8.05. The Morgan fingerprint density at radius 1 is 1.29 bits per heavy atom. The van der Waals surface area contributed by atoms with Gasteiger partial charge in [-0.05, 0) is 33.8 Å². The minimum Gasteiger partial charge on any atom is -0.462 e. The molecule has 0 fully saturated rings. The van der Waals surface area contributed by atoms with E-state index in [0.29, 0.717) is 24.3 Å². The van der Waals surface area contributed by atoms with Crippen LogP contribution in [-0.4, -0.2) is 41.5 Å². The highest BCUT2D eigenvalue weighted by atomic mass is 16.5. The van der Waals surface area contributed by atoms with Crippen molar-refractivity contribution in [2.24, 2.45) is 0 Å². The van der Waals surface area contributed by atoms with E-state index < -0.39 is 0 Å². The van der Waals surface area contributed by atoms with Crippen molar-refractivity contribution >= 4 is 18.0 Å². The summed E-state index contributed by atoms with van der Waals surface area (Å²) < 4.78 is 7.18. The Morgan fingerprint density at radius 2 is 1.96 bits per heavy atom. The number of hydrogen-bond donors (Lipinski definition) is 0. The van der Waals surface area contributed by atoms with Crippen molar-refractivity contribution in [2.45, 2.75) is 40.7 Å². The molecule has 0 aliphatic heterocycles. The molecule has 0 unspecified atom stereocenters. The summed E-state index contributed by atoms with van der Waals surface area (Å²) in [7, 11) is 1.64. The average Bonchev–Trinajstić information content (AvgIpc) is 2.80. The Bertz CT molecular complexity index is 681. The van der Waals surface area contributed by atoms with Crippen LogP contribution in [0.3, 0.4) is 0 Å². The maximum Gasteiger partial charge on any atom is 0.340 e. The second-order valence-corrected chi connectivity index (χ2v) is 5.43. The molecule has 6 heteroatoms. The predicted molar refractivity (Wildman–Crippen MR) is 92.4 cm³/mol. The minimum atomic E-state index is -0.379. The van der Waals surface area contributed by atoms with Crippen molar-refractivity contribution in [1.82, 2.24) is 9.47 Å². The van der Waals surface area contributed by atoms with Crippen LogP contribution in [0.15, 0.2) is 6.08 Å². The minimum absolute atomic E-state index is 0.207. The van der Waals surface area contributed by atoms with Crippen molar-refractivity contribution in [1.29, 1.82) is 5.26 Å². The van der Waals surface area contributed by atoms with Crippen molar-refractivity contribution in [3.8, 4) is 6.07 Å². The zero-order valence-electron chi connectivity index (χ0n) is 15.0. The van der Waals surface area contributed by atoms with Gasteiger partial charge in [-0.15, -0.1) is 0 Å². The van der Waals surface area contributed by atoms with Gasteiger partial charge in [0.15, 0.2) is 0 Å². The standard InChI is InChI=1S/C18H25N3O3/c1-6-21-13(3)15(17(14(21)4)18(23)24-7-2)9-10-16(22)20(5)12-8-11-19/h9-10H,6-8,12H2,1-5H3/b10-9+. The number of aromatic nitrogens is 1. The Labute approximate surface area is 143 Å². The summed E-state index contributed by atoms with van der Waals surface area (Å²) in [6.07, 6.45) is 3.38. The van der Waals surface area contributed by atoms with Crippen molar-refractivity contribution in [2.75, 3.05) is 20.2 Å². The molecule has 1 heterocycles. The molecule has 1 amide bonds. The van der Waals surface area contributed by atoms with Crippen LogP contribution < -0.4 is 0 Å². The van der Waals surface area contributed by atoms with E-state index >= 15 is 0 Å². The van der Waals surface area contributed by atoms with Gasteiger partial charge in [0.25, 0.3) is 0 Å². The molecular formula is C18H25N3O3. The van der Waals surface area contributed by atoms with Crippen LogP contribution in [-0.2, 0) is 16.1 Å². The highest BCUT2D eigenvalue weighted by Gasteiger charge is 2.22. The van der Waals surface area contributed by atoms with E-state index in [-0.39, 0.29) is 18.3 Å². The molecule has 1 aromatic heterocycles. The molecule has 0 spiro atoms. The van der Waals surface area contributed by atoms with Crippen molar-refractivity contribution in [3.63, 3.8) is 0 Å². The van der Waals surface area contributed by atoms with Gasteiger partial charge in [-0.2, -0.15) is 5.26 Å². The van der Waals surface area contributed by atoms with Crippen molar-refractivity contribution in [3.05, 3.63) is 28.6 Å². The van der Waals surface area contributed by atoms with Crippen LogP contribution >= 0.6 is 0 Å². The third kappa shape index (κ3) is 4.25. The van der Waals surface area contributed by atoms with E-state index in [2.05, 4.69) is 0 Å². The molecule has 0 radical (unpaired) electrons. The fourth-order valence-corrected chi connectivity index (χ4v) is 2.66. The molecule has 1 aromatic rings. The summed E-state index contributed by atoms with van der Waals surface area (Å²) in [5.41, 5.74) is 2.95. The van der Waals surface area contributed by atoms with Gasteiger partial charge >= 0.3 is 5.97 Å². The number of carbonyl (C=O) groups is 2. The summed E-state index contributed by atoms with van der Waals surface area (Å²) in [4.78, 5) is 25.9. The molecule has 0 bridgehead atoms. The van der Waals surface area contributed by atoms with Crippen molar-refractivity contribution < 1.29 is 14.3 Å². The van der Waals surface area contributed by atoms with E-state index in [1.54, 1.807) is 20.0 Å². The Morgan fingerprint density at radius 3 is 2.50 bits per heavy atom. The van der Waals surface area contributed by atoms with Gasteiger partial charge in [-0.3, -0.25) is 4.79 Å². The number of nitriles is 1. The van der Waals surface area contributed by atoms with E-state index in [9.17, 15) is 9.59 Å². The van der Waals surface area contributed by atoms with E-state index in [4.69, 9.17) is 10.00 Å². The zero-order valence-corrected chi connectivity index (χ0v) is 15.0. The third-order valence-electron chi connectivity index (χ3n) is 3.95. The molecular weight excluding hydrogens is 306 g/mol. The zero-order chi connectivity index (χ0) is 18.3. The lowest BCUT2D eigenvalue weighted by Gasteiger charge is -2.12. The largest absolute Gasteiger partial charge is 0.462 e. The first-order valence-electron chi connectivity index (χ1n) is 8.05. The molecule has 0 aromatic carbocycles. The number of ether oxygens (including phenoxy) is 1. The van der Waals surface area contributed by atoms with Crippen LogP contribution in [0.4, 0.5) is 0 Å². The molecule has 0 aliphatic rings. The number of nitrogens with zero attached hydrogens (tertiary/aromatic N) is 3. The molecule has 0 saturated heterocycles. The van der Waals surface area contributed by atoms with Gasteiger partial charge in [0, 0.05) is 43.2 Å². The number of esters is 1. The normalized spacial score (nSPS) is 10.7. The lowest BCUT2D eigenvalue weighted by molar-refractivity contribution is -0.124. The quantitative estimate of drug-likeness (QED) is 0.568. The molecule has 0 atom stereocenters. The second kappa shape index (κ2) is 8.92. The van der Waals surface area contributed by atoms with Crippen LogP contribution in [0.5, 0.6) is 0 Å². The summed E-state index contributed by atoms with van der Waals surface area (Å²) in [6, 6.07) is 2.01. The molecule has 24 heavy (non-hydrogen) atoms. The SMILES string of the molecule is CCOC(=O)c1c(/C=C/C(=O)N(C)CCC#N)c(C)n(CC)c1C. The third-order valence-corrected chi connectivity index (χ3v) is 3.95. The van der Waals surface area contributed by atoms with E-state index in [1.807, 2.05) is 31.4 Å². The molecule has 0 aliphatic carbocycles. The molecule has 130 valence electrons. The maximum atomic E-state index is 12.3. The average molecular weight is 331 g/mol. The summed E-state index contributed by atoms with van der Waals surface area (Å²) in [5, 5.41) is 8.59. The van der Waals surface area contributed by atoms with Gasteiger partial charge in [0.1, 0.15) is 0 Å². The Kier molecular flexibility index (Phi) is 7.25. The Hall–Kier alpha value is -2.55. The number of carbonyl (C=O) groups excluding carboxylic acids is 2. The van der Waals surface area contributed by atoms with Crippen LogP contribution in [0, 0.1) is 25.2 Å². The topological polar surface area (TPSA) is 75.3 Å². The lowest BCUT2D eigenvalue weighted by atomic mass is 10.1. The number of hydrogen-bond acceptors (Lipinski definition) is 4. The monoisotopic (exact) mass is 331 g/mol. The predicted octanol–water partition coefficient (Wildman–Crippen LogP) is 2.69. The van der Waals surface area contributed by atoms with Gasteiger partial charge in [0.2, 0.25) is 5.91 Å². The highest BCUT2D eigenvalue weighted by Crippen LogP contribution is 2.25. The highest BCUT2D eigenvalue weighted by molar-refractivity contribution is 5.98. The fraction of sp³-hybridized carbons (Fsp3) is 0.500. The van der Waals surface area contributed by atoms with E-state index in [1.165, 1.54) is 11.0 Å². The number of likely N-dealkylation sites (N-methyl/N-ethyl adjacent to an activating group) is 1. The summed E-state index contributed by atoms with van der Waals surface area (Å²) >= 11 is 0. The molecule has 0 N–H and O–H groups in total. The van der Waals surface area contributed by atoms with Crippen LogP contribution in [0.1, 0.15) is 47.6 Å². The summed E-state index contributed by atoms with van der Waals surface area (Å²) in [6.45, 7) is 8.97. The smallest absolute Gasteiger partial charge is 0.340 e. The van der Waals surface area contributed by atoms with E-state index in [0.717, 1.165) is 17.9 Å². The summed E-state index contributed by atoms with van der Waals surface area (Å²) in [5.74, 6) is -0.586. The first kappa shape index (κ1) is 19.5. The maximum absolute atomic E-state index is 12.3. The fourth-order valence-electron chi connectivity index (χ4n) is 2.66. The van der Waals surface area contributed by atoms with Gasteiger partial charge in [-0.1, -0.05) is 0 Å². The Balaban J connectivity index is 3.18. The first-order chi connectivity index (χ1) is 11.4. The van der Waals surface area contributed by atoms with Crippen LogP contribution in [0.25, 0.3) is 6.08 Å². The molecule has 1 rings (SSSR count). The molecule has 6 nitrogen and oxygen atoms in total. The van der Waals surface area contributed by atoms with Gasteiger partial charge < -0.3 is 14.2 Å².